The quantitative estimate of drug-likeness (QED) is 0.626. The van der Waals surface area contributed by atoms with Crippen molar-refractivity contribution in [2.24, 2.45) is 0 Å². The fraction of sp³-hybridized carbons (Fsp3) is 0.222. The van der Waals surface area contributed by atoms with E-state index in [4.69, 9.17) is 0 Å². The van der Waals surface area contributed by atoms with Crippen molar-refractivity contribution in [3.63, 3.8) is 0 Å². The summed E-state index contributed by atoms with van der Waals surface area (Å²) in [5.41, 5.74) is 8.50. The van der Waals surface area contributed by atoms with E-state index in [0.29, 0.717) is 0 Å². The Kier molecular flexibility index (Phi) is 2.79. The van der Waals surface area contributed by atoms with Crippen LogP contribution in [0.15, 0.2) is 36.4 Å². The first kappa shape index (κ1) is 11.3. The fourth-order valence-corrected chi connectivity index (χ4v) is 2.76. The topological polar surface area (TPSA) is 0 Å². The standard InChI is InChI=1S/C18H18/c1-13-15-5-3-6-16(13)10-12-18-8-4-7-17(11-9-15)14(18)2/h3-9,11H,10,12H2,1-2H3/b11-9-. The predicted molar refractivity (Wildman–Crippen MR) is 78.7 cm³/mol. The van der Waals surface area contributed by atoms with Crippen LogP contribution in [0.1, 0.15) is 33.4 Å². The SMILES string of the molecule is Cc1c2cccc1CCc1cccc(c1C)/C=C\2. The van der Waals surface area contributed by atoms with E-state index >= 15 is 0 Å². The van der Waals surface area contributed by atoms with Crippen molar-refractivity contribution < 1.29 is 0 Å². The van der Waals surface area contributed by atoms with E-state index in [2.05, 4.69) is 62.4 Å². The summed E-state index contributed by atoms with van der Waals surface area (Å²) in [4.78, 5) is 0. The van der Waals surface area contributed by atoms with Gasteiger partial charge in [0.05, 0.1) is 0 Å². The molecule has 1 aliphatic rings. The normalized spacial score (nSPS) is 15.2. The summed E-state index contributed by atoms with van der Waals surface area (Å²) in [5.74, 6) is 0. The zero-order valence-electron chi connectivity index (χ0n) is 11.0. The molecule has 0 spiro atoms. The third-order valence-corrected chi connectivity index (χ3v) is 4.08. The molecule has 0 aliphatic heterocycles. The summed E-state index contributed by atoms with van der Waals surface area (Å²) in [7, 11) is 0. The molecule has 4 bridgehead atoms. The molecule has 2 aromatic rings. The Labute approximate surface area is 109 Å². The van der Waals surface area contributed by atoms with Crippen LogP contribution < -0.4 is 0 Å². The van der Waals surface area contributed by atoms with Crippen LogP contribution in [0.3, 0.4) is 0 Å². The smallest absolute Gasteiger partial charge is 0.0224 e. The maximum atomic E-state index is 2.26. The number of aryl methyl sites for hydroxylation is 2. The van der Waals surface area contributed by atoms with Gasteiger partial charge in [-0.05, 0) is 60.1 Å². The van der Waals surface area contributed by atoms with Crippen LogP contribution in [0.2, 0.25) is 0 Å². The van der Waals surface area contributed by atoms with Crippen LogP contribution in [0.5, 0.6) is 0 Å². The molecule has 2 aromatic carbocycles. The molecule has 0 saturated carbocycles. The third-order valence-electron chi connectivity index (χ3n) is 4.08. The highest BCUT2D eigenvalue weighted by atomic mass is 14.1. The fourth-order valence-electron chi connectivity index (χ4n) is 2.76. The Bertz CT molecular complexity index is 562. The first-order valence-corrected chi connectivity index (χ1v) is 6.61. The van der Waals surface area contributed by atoms with Gasteiger partial charge in [0.25, 0.3) is 0 Å². The van der Waals surface area contributed by atoms with E-state index in [0.717, 1.165) is 12.8 Å². The Morgan fingerprint density at radius 2 is 1.11 bits per heavy atom. The maximum Gasteiger partial charge on any atom is -0.0224 e. The van der Waals surface area contributed by atoms with Crippen molar-refractivity contribution in [1.82, 2.24) is 0 Å². The average Bonchev–Trinajstić information content (AvgIpc) is 2.38. The number of hydrogen-bond donors (Lipinski definition) is 0. The zero-order chi connectivity index (χ0) is 12.5. The monoisotopic (exact) mass is 234 g/mol. The first-order chi connectivity index (χ1) is 8.75. The highest BCUT2D eigenvalue weighted by Gasteiger charge is 2.07. The Morgan fingerprint density at radius 1 is 0.667 bits per heavy atom. The van der Waals surface area contributed by atoms with Crippen LogP contribution in [0, 0.1) is 13.8 Å². The highest BCUT2D eigenvalue weighted by Crippen LogP contribution is 2.24. The van der Waals surface area contributed by atoms with Crippen LogP contribution in [0.25, 0.3) is 12.2 Å². The second-order valence-corrected chi connectivity index (χ2v) is 5.10. The van der Waals surface area contributed by atoms with Gasteiger partial charge in [0.15, 0.2) is 0 Å². The lowest BCUT2D eigenvalue weighted by atomic mass is 9.91. The largest absolute Gasteiger partial charge is 0.0614 e. The summed E-state index contributed by atoms with van der Waals surface area (Å²) in [5, 5.41) is 0. The Balaban J connectivity index is 2.20. The minimum Gasteiger partial charge on any atom is -0.0614 e. The molecule has 0 atom stereocenters. The van der Waals surface area contributed by atoms with Gasteiger partial charge in [0.2, 0.25) is 0 Å². The molecule has 0 fully saturated rings. The summed E-state index contributed by atoms with van der Waals surface area (Å²) < 4.78 is 0. The second-order valence-electron chi connectivity index (χ2n) is 5.10. The van der Waals surface area contributed by atoms with Gasteiger partial charge < -0.3 is 0 Å². The molecule has 3 rings (SSSR count). The van der Waals surface area contributed by atoms with Gasteiger partial charge in [-0.25, -0.2) is 0 Å². The predicted octanol–water partition coefficient (Wildman–Crippen LogP) is 4.57. The van der Waals surface area contributed by atoms with Gasteiger partial charge in [0, 0.05) is 0 Å². The van der Waals surface area contributed by atoms with Crippen molar-refractivity contribution >= 4 is 12.2 Å². The molecule has 0 saturated heterocycles. The van der Waals surface area contributed by atoms with E-state index in [1.54, 1.807) is 0 Å². The Morgan fingerprint density at radius 3 is 1.56 bits per heavy atom. The third kappa shape index (κ3) is 1.88. The molecule has 0 N–H and O–H groups in total. The van der Waals surface area contributed by atoms with Crippen molar-refractivity contribution in [3.8, 4) is 0 Å². The van der Waals surface area contributed by atoms with E-state index in [1.165, 1.54) is 33.4 Å². The molecule has 0 heterocycles. The molecule has 18 heavy (non-hydrogen) atoms. The molecule has 0 nitrogen and oxygen atoms in total. The molecule has 1 aliphatic carbocycles. The molecule has 0 aromatic heterocycles. The molecule has 0 unspecified atom stereocenters. The van der Waals surface area contributed by atoms with Gasteiger partial charge in [-0.1, -0.05) is 48.6 Å². The lowest BCUT2D eigenvalue weighted by molar-refractivity contribution is 0.937. The lowest BCUT2D eigenvalue weighted by Crippen LogP contribution is -2.00. The number of benzene rings is 2. The molecular weight excluding hydrogens is 216 g/mol. The summed E-state index contributed by atoms with van der Waals surface area (Å²) in [6.07, 6.45) is 6.77. The summed E-state index contributed by atoms with van der Waals surface area (Å²) in [6.45, 7) is 4.47. The molecule has 90 valence electrons. The molecule has 0 radical (unpaired) electrons. The van der Waals surface area contributed by atoms with Crippen molar-refractivity contribution in [2.75, 3.05) is 0 Å². The van der Waals surface area contributed by atoms with Gasteiger partial charge in [-0.2, -0.15) is 0 Å². The zero-order valence-corrected chi connectivity index (χ0v) is 11.0. The van der Waals surface area contributed by atoms with Crippen molar-refractivity contribution in [2.45, 2.75) is 26.7 Å². The summed E-state index contributed by atoms with van der Waals surface area (Å²) in [6, 6.07) is 13.3. The van der Waals surface area contributed by atoms with Crippen LogP contribution in [-0.4, -0.2) is 0 Å². The van der Waals surface area contributed by atoms with E-state index < -0.39 is 0 Å². The number of rotatable bonds is 0. The van der Waals surface area contributed by atoms with E-state index in [-0.39, 0.29) is 0 Å². The van der Waals surface area contributed by atoms with Crippen molar-refractivity contribution in [1.29, 1.82) is 0 Å². The van der Waals surface area contributed by atoms with Crippen molar-refractivity contribution in [3.05, 3.63) is 69.8 Å². The number of fused-ring (bicyclic) bond motifs is 4. The first-order valence-electron chi connectivity index (χ1n) is 6.61. The van der Waals surface area contributed by atoms with Gasteiger partial charge in [-0.15, -0.1) is 0 Å². The van der Waals surface area contributed by atoms with Crippen LogP contribution in [-0.2, 0) is 12.8 Å². The summed E-state index contributed by atoms with van der Waals surface area (Å²) >= 11 is 0. The van der Waals surface area contributed by atoms with Crippen LogP contribution >= 0.6 is 0 Å². The van der Waals surface area contributed by atoms with Gasteiger partial charge in [0.1, 0.15) is 0 Å². The highest BCUT2D eigenvalue weighted by molar-refractivity contribution is 5.73. The van der Waals surface area contributed by atoms with E-state index in [1.807, 2.05) is 0 Å². The van der Waals surface area contributed by atoms with Crippen LogP contribution in [0.4, 0.5) is 0 Å². The lowest BCUT2D eigenvalue weighted by Gasteiger charge is -2.14. The minimum absolute atomic E-state index is 1.14. The maximum absolute atomic E-state index is 2.26. The number of hydrogen-bond acceptors (Lipinski definition) is 0. The second kappa shape index (κ2) is 4.45. The van der Waals surface area contributed by atoms with E-state index in [9.17, 15) is 0 Å². The van der Waals surface area contributed by atoms with Gasteiger partial charge in [-0.3, -0.25) is 0 Å². The molecule has 0 amide bonds. The average molecular weight is 234 g/mol. The van der Waals surface area contributed by atoms with Gasteiger partial charge >= 0.3 is 0 Å². The minimum atomic E-state index is 1.14. The Hall–Kier alpha value is -1.82. The molecular formula is C18H18. The molecule has 0 heteroatoms.